The smallest absolute Gasteiger partial charge is 0.278 e. The molecule has 1 saturated heterocycles. The number of nitrogens with zero attached hydrogens (tertiary/aromatic N) is 3. The number of halogens is 1. The first-order chi connectivity index (χ1) is 9.54. The molecule has 0 aromatic carbocycles. The van der Waals surface area contributed by atoms with Gasteiger partial charge in [-0.1, -0.05) is 0 Å². The van der Waals surface area contributed by atoms with Gasteiger partial charge in [-0.25, -0.2) is 9.97 Å². The minimum atomic E-state index is -1.28. The van der Waals surface area contributed by atoms with Crippen molar-refractivity contribution in [3.05, 3.63) is 21.4 Å². The van der Waals surface area contributed by atoms with Crippen LogP contribution in [0.1, 0.15) is 6.23 Å². The van der Waals surface area contributed by atoms with Crippen LogP contribution in [-0.4, -0.2) is 59.8 Å². The third-order valence-electron chi connectivity index (χ3n) is 3.21. The summed E-state index contributed by atoms with van der Waals surface area (Å²) in [5.74, 6) is 0. The van der Waals surface area contributed by atoms with Gasteiger partial charge in [-0.05, 0) is 15.9 Å². The predicted octanol–water partition coefficient (Wildman–Crippen LogP) is -1.51. The van der Waals surface area contributed by atoms with Gasteiger partial charge in [-0.15, -0.1) is 0 Å². The molecule has 0 radical (unpaired) electrons. The minimum absolute atomic E-state index is 0.0807. The Morgan fingerprint density at radius 3 is 2.85 bits per heavy atom. The highest BCUT2D eigenvalue weighted by molar-refractivity contribution is 9.10. The third kappa shape index (κ3) is 1.88. The van der Waals surface area contributed by atoms with E-state index >= 15 is 0 Å². The summed E-state index contributed by atoms with van der Waals surface area (Å²) in [6.07, 6.45) is -3.23. The highest BCUT2D eigenvalue weighted by Crippen LogP contribution is 2.33. The topological polar surface area (TPSA) is 133 Å². The van der Waals surface area contributed by atoms with E-state index in [0.717, 1.165) is 0 Å². The van der Waals surface area contributed by atoms with E-state index in [9.17, 15) is 15.0 Å². The maximum absolute atomic E-state index is 11.6. The molecule has 0 bridgehead atoms. The lowest BCUT2D eigenvalue weighted by molar-refractivity contribution is -0.0521. The second-order valence-electron chi connectivity index (χ2n) is 4.38. The van der Waals surface area contributed by atoms with Crippen LogP contribution in [0.5, 0.6) is 0 Å². The van der Waals surface area contributed by atoms with Crippen LogP contribution in [0.25, 0.3) is 11.2 Å². The Morgan fingerprint density at radius 2 is 2.20 bits per heavy atom. The number of aliphatic hydroxyl groups excluding tert-OH is 3. The molecule has 2 aromatic rings. The van der Waals surface area contributed by atoms with Crippen LogP contribution in [0.2, 0.25) is 0 Å². The zero-order valence-corrected chi connectivity index (χ0v) is 11.6. The number of H-pyrrole nitrogens is 1. The zero-order valence-electron chi connectivity index (χ0n) is 9.97. The van der Waals surface area contributed by atoms with Crippen LogP contribution >= 0.6 is 15.9 Å². The largest absolute Gasteiger partial charge is 0.394 e. The van der Waals surface area contributed by atoms with Crippen molar-refractivity contribution in [1.82, 2.24) is 19.5 Å². The molecule has 108 valence electrons. The van der Waals surface area contributed by atoms with E-state index in [0.29, 0.717) is 0 Å². The summed E-state index contributed by atoms with van der Waals surface area (Å²) in [6, 6.07) is 0. The zero-order chi connectivity index (χ0) is 14.4. The first-order valence-corrected chi connectivity index (χ1v) is 6.57. The van der Waals surface area contributed by atoms with Crippen molar-refractivity contribution in [2.75, 3.05) is 6.61 Å². The van der Waals surface area contributed by atoms with Crippen molar-refractivity contribution in [3.63, 3.8) is 0 Å². The van der Waals surface area contributed by atoms with Crippen molar-refractivity contribution in [3.8, 4) is 0 Å². The van der Waals surface area contributed by atoms with Crippen molar-refractivity contribution in [1.29, 1.82) is 0 Å². The van der Waals surface area contributed by atoms with E-state index in [2.05, 4.69) is 30.9 Å². The summed E-state index contributed by atoms with van der Waals surface area (Å²) in [5, 5.41) is 28.9. The lowest BCUT2D eigenvalue weighted by Crippen LogP contribution is -2.33. The molecule has 0 aliphatic carbocycles. The van der Waals surface area contributed by atoms with Gasteiger partial charge in [0, 0.05) is 0 Å². The van der Waals surface area contributed by atoms with Gasteiger partial charge in [0.25, 0.3) is 5.56 Å². The Kier molecular flexibility index (Phi) is 3.34. The average molecular weight is 347 g/mol. The molecule has 1 aliphatic heterocycles. The first kappa shape index (κ1) is 13.6. The number of hydrogen-bond acceptors (Lipinski definition) is 7. The number of rotatable bonds is 2. The summed E-state index contributed by atoms with van der Waals surface area (Å²) < 4.78 is 6.98. The molecule has 0 spiro atoms. The number of fused-ring (bicyclic) bond motifs is 1. The van der Waals surface area contributed by atoms with Crippen LogP contribution < -0.4 is 5.56 Å². The molecule has 3 heterocycles. The van der Waals surface area contributed by atoms with E-state index in [1.54, 1.807) is 0 Å². The number of aromatic amines is 1. The van der Waals surface area contributed by atoms with Gasteiger partial charge in [0.1, 0.15) is 18.3 Å². The number of ether oxygens (including phenoxy) is 1. The molecule has 4 N–H and O–H groups in total. The molecule has 4 atom stereocenters. The Morgan fingerprint density at radius 1 is 1.45 bits per heavy atom. The van der Waals surface area contributed by atoms with Crippen molar-refractivity contribution in [2.24, 2.45) is 0 Å². The fraction of sp³-hybridized carbons (Fsp3) is 0.500. The molecule has 10 heteroatoms. The normalized spacial score (nSPS) is 30.2. The van der Waals surface area contributed by atoms with Gasteiger partial charge in [-0.3, -0.25) is 9.36 Å². The van der Waals surface area contributed by atoms with E-state index in [1.165, 1.54) is 10.9 Å². The monoisotopic (exact) mass is 346 g/mol. The Hall–Kier alpha value is -1.33. The summed E-state index contributed by atoms with van der Waals surface area (Å²) in [4.78, 5) is 22.0. The number of aliphatic hydroxyl groups is 3. The van der Waals surface area contributed by atoms with Crippen LogP contribution in [0.3, 0.4) is 0 Å². The van der Waals surface area contributed by atoms with Gasteiger partial charge >= 0.3 is 0 Å². The molecule has 20 heavy (non-hydrogen) atoms. The summed E-state index contributed by atoms with van der Waals surface area (Å²) in [6.45, 7) is -0.438. The summed E-state index contributed by atoms with van der Waals surface area (Å²) in [7, 11) is 0. The third-order valence-corrected chi connectivity index (χ3v) is 3.77. The van der Waals surface area contributed by atoms with Gasteiger partial charge in [0.05, 0.1) is 12.9 Å². The molecule has 2 aromatic heterocycles. The number of aromatic nitrogens is 4. The maximum Gasteiger partial charge on any atom is 0.278 e. The average Bonchev–Trinajstić information content (AvgIpc) is 2.90. The molecule has 1 aliphatic rings. The number of nitrogens with one attached hydrogen (secondary N) is 1. The SMILES string of the molecule is O=c1[nH]cnc2c1nc(Br)n2[C@@H]1O[C@H](CO)[C@@H](O)[C@@H]1O. The molecular weight excluding hydrogens is 336 g/mol. The summed E-state index contributed by atoms with van der Waals surface area (Å²) in [5.41, 5.74) is -0.145. The lowest BCUT2D eigenvalue weighted by Gasteiger charge is -2.17. The van der Waals surface area contributed by atoms with Crippen molar-refractivity contribution >= 4 is 27.1 Å². The fourth-order valence-electron chi connectivity index (χ4n) is 2.21. The lowest BCUT2D eigenvalue weighted by atomic mass is 10.1. The van der Waals surface area contributed by atoms with Crippen LogP contribution in [0.4, 0.5) is 0 Å². The summed E-state index contributed by atoms with van der Waals surface area (Å²) >= 11 is 3.17. The van der Waals surface area contributed by atoms with E-state index < -0.39 is 36.7 Å². The van der Waals surface area contributed by atoms with Crippen molar-refractivity contribution < 1.29 is 20.1 Å². The second kappa shape index (κ2) is 4.90. The van der Waals surface area contributed by atoms with Gasteiger partial charge in [0.2, 0.25) is 0 Å². The Balaban J connectivity index is 2.14. The van der Waals surface area contributed by atoms with Crippen LogP contribution in [0.15, 0.2) is 15.9 Å². The fourth-order valence-corrected chi connectivity index (χ4v) is 2.76. The van der Waals surface area contributed by atoms with Gasteiger partial charge < -0.3 is 25.0 Å². The first-order valence-electron chi connectivity index (χ1n) is 5.78. The van der Waals surface area contributed by atoms with E-state index in [4.69, 9.17) is 9.84 Å². The van der Waals surface area contributed by atoms with Crippen molar-refractivity contribution in [2.45, 2.75) is 24.5 Å². The Bertz CT molecular complexity index is 701. The van der Waals surface area contributed by atoms with Crippen LogP contribution in [-0.2, 0) is 4.74 Å². The number of hydrogen-bond donors (Lipinski definition) is 4. The number of imidazole rings is 1. The standard InChI is InChI=1S/C10H11BrN4O5/c11-10-14-4-7(12-2-13-8(4)19)15(10)9-6(18)5(17)3(1-16)20-9/h2-3,5-6,9,16-18H,1H2,(H,12,13,19)/t3-,5-,6+,9-/m1/s1. The molecule has 0 amide bonds. The van der Waals surface area contributed by atoms with E-state index in [-0.39, 0.29) is 15.9 Å². The second-order valence-corrected chi connectivity index (χ2v) is 5.09. The van der Waals surface area contributed by atoms with Gasteiger partial charge in [-0.2, -0.15) is 0 Å². The van der Waals surface area contributed by atoms with Gasteiger partial charge in [0.15, 0.2) is 22.1 Å². The van der Waals surface area contributed by atoms with Crippen LogP contribution in [0, 0.1) is 0 Å². The molecule has 3 rings (SSSR count). The van der Waals surface area contributed by atoms with E-state index in [1.807, 2.05) is 0 Å². The quantitative estimate of drug-likeness (QED) is 0.486. The predicted molar refractivity (Wildman–Crippen MR) is 68.9 cm³/mol. The highest BCUT2D eigenvalue weighted by Gasteiger charge is 2.44. The molecule has 0 unspecified atom stereocenters. The molecule has 9 nitrogen and oxygen atoms in total. The minimum Gasteiger partial charge on any atom is -0.394 e. The maximum atomic E-state index is 11.6. The Labute approximate surface area is 120 Å². The molecular formula is C10H11BrN4O5. The molecule has 1 fully saturated rings. The molecule has 0 saturated carbocycles. The highest BCUT2D eigenvalue weighted by atomic mass is 79.9.